The minimum atomic E-state index is 0.479. The maximum Gasteiger partial charge on any atom is 0.0406 e. The van der Waals surface area contributed by atoms with Crippen LogP contribution < -0.4 is 5.32 Å². The Balaban J connectivity index is 1.80. The monoisotopic (exact) mass is 251 g/mol. The Kier molecular flexibility index (Phi) is 4.87. The van der Waals surface area contributed by atoms with Crippen LogP contribution in [0, 0.1) is 5.92 Å². The Morgan fingerprint density at radius 1 is 1.29 bits per heavy atom. The average Bonchev–Trinajstić information content (AvgIpc) is 2.29. The van der Waals surface area contributed by atoms with Crippen LogP contribution in [-0.2, 0) is 0 Å². The van der Waals surface area contributed by atoms with Gasteiger partial charge in [-0.1, -0.05) is 49.9 Å². The zero-order valence-corrected chi connectivity index (χ0v) is 11.3. The molecule has 2 heteroatoms. The minimum Gasteiger partial charge on any atom is -0.310 e. The van der Waals surface area contributed by atoms with Gasteiger partial charge in [-0.05, 0) is 43.0 Å². The summed E-state index contributed by atoms with van der Waals surface area (Å²) >= 11 is 5.91. The fourth-order valence-electron chi connectivity index (χ4n) is 2.44. The largest absolute Gasteiger partial charge is 0.310 e. The summed E-state index contributed by atoms with van der Waals surface area (Å²) in [7, 11) is 0. The van der Waals surface area contributed by atoms with Crippen molar-refractivity contribution in [2.75, 3.05) is 6.54 Å². The zero-order valence-electron chi connectivity index (χ0n) is 10.6. The van der Waals surface area contributed by atoms with E-state index in [0.717, 1.165) is 23.9 Å². The van der Waals surface area contributed by atoms with E-state index in [1.165, 1.54) is 31.2 Å². The molecule has 1 nitrogen and oxygen atoms in total. The summed E-state index contributed by atoms with van der Waals surface area (Å²) in [5, 5.41) is 4.48. The van der Waals surface area contributed by atoms with Gasteiger partial charge in [0.05, 0.1) is 0 Å². The number of halogens is 1. The van der Waals surface area contributed by atoms with Gasteiger partial charge in [0.2, 0.25) is 0 Å². The highest BCUT2D eigenvalue weighted by Crippen LogP contribution is 2.29. The van der Waals surface area contributed by atoms with E-state index in [9.17, 15) is 0 Å². The number of nitrogens with one attached hydrogen (secondary N) is 1. The second-order valence-electron chi connectivity index (χ2n) is 5.05. The van der Waals surface area contributed by atoms with Crippen molar-refractivity contribution in [3.8, 4) is 0 Å². The zero-order chi connectivity index (χ0) is 12.1. The molecule has 17 heavy (non-hydrogen) atoms. The van der Waals surface area contributed by atoms with Crippen molar-refractivity contribution >= 4 is 11.6 Å². The first-order chi connectivity index (χ1) is 8.29. The number of benzene rings is 1. The Hall–Kier alpha value is -0.530. The fourth-order valence-corrected chi connectivity index (χ4v) is 2.56. The minimum absolute atomic E-state index is 0.479. The number of hydrogen-bond donors (Lipinski definition) is 1. The van der Waals surface area contributed by atoms with E-state index in [4.69, 9.17) is 11.6 Å². The van der Waals surface area contributed by atoms with E-state index in [0.29, 0.717) is 6.04 Å². The molecule has 1 saturated carbocycles. The third kappa shape index (κ3) is 3.72. The van der Waals surface area contributed by atoms with Gasteiger partial charge in [0.1, 0.15) is 0 Å². The van der Waals surface area contributed by atoms with E-state index in [2.05, 4.69) is 24.4 Å². The van der Waals surface area contributed by atoms with E-state index in [1.807, 2.05) is 12.1 Å². The van der Waals surface area contributed by atoms with E-state index >= 15 is 0 Å². The normalized spacial score (nSPS) is 17.8. The topological polar surface area (TPSA) is 12.0 Å². The molecule has 1 aromatic carbocycles. The first-order valence-electron chi connectivity index (χ1n) is 6.78. The summed E-state index contributed by atoms with van der Waals surface area (Å²) in [4.78, 5) is 0. The van der Waals surface area contributed by atoms with Crippen LogP contribution in [0.2, 0.25) is 5.02 Å². The molecule has 0 radical (unpaired) electrons. The molecule has 0 bridgehead atoms. The SMILES string of the molecule is CCC(NCCC1CCC1)c1ccc(Cl)cc1. The third-order valence-electron chi connectivity index (χ3n) is 3.85. The summed E-state index contributed by atoms with van der Waals surface area (Å²) in [6.07, 6.45) is 6.80. The predicted molar refractivity (Wildman–Crippen MR) is 74.4 cm³/mol. The highest BCUT2D eigenvalue weighted by molar-refractivity contribution is 6.30. The van der Waals surface area contributed by atoms with Crippen molar-refractivity contribution in [3.63, 3.8) is 0 Å². The molecule has 1 fully saturated rings. The molecule has 0 aliphatic heterocycles. The van der Waals surface area contributed by atoms with E-state index in [1.54, 1.807) is 0 Å². The van der Waals surface area contributed by atoms with Crippen molar-refractivity contribution in [2.45, 2.75) is 45.1 Å². The van der Waals surface area contributed by atoms with Crippen molar-refractivity contribution < 1.29 is 0 Å². The predicted octanol–water partition coefficient (Wildman–Crippen LogP) is 4.57. The second-order valence-corrected chi connectivity index (χ2v) is 5.49. The average molecular weight is 252 g/mol. The van der Waals surface area contributed by atoms with Crippen molar-refractivity contribution in [2.24, 2.45) is 5.92 Å². The lowest BCUT2D eigenvalue weighted by Gasteiger charge is -2.26. The molecule has 2 rings (SSSR count). The van der Waals surface area contributed by atoms with Gasteiger partial charge in [0.15, 0.2) is 0 Å². The second kappa shape index (κ2) is 6.42. The first-order valence-corrected chi connectivity index (χ1v) is 7.16. The lowest BCUT2D eigenvalue weighted by atomic mass is 9.83. The van der Waals surface area contributed by atoms with Gasteiger partial charge in [-0.25, -0.2) is 0 Å². The molecule has 0 spiro atoms. The van der Waals surface area contributed by atoms with Gasteiger partial charge in [0, 0.05) is 11.1 Å². The lowest BCUT2D eigenvalue weighted by molar-refractivity contribution is 0.287. The van der Waals surface area contributed by atoms with Crippen LogP contribution in [0.4, 0.5) is 0 Å². The van der Waals surface area contributed by atoms with Crippen LogP contribution in [0.5, 0.6) is 0 Å². The van der Waals surface area contributed by atoms with Crippen molar-refractivity contribution in [3.05, 3.63) is 34.9 Å². The van der Waals surface area contributed by atoms with Gasteiger partial charge in [-0.15, -0.1) is 0 Å². The van der Waals surface area contributed by atoms with Gasteiger partial charge in [0.25, 0.3) is 0 Å². The van der Waals surface area contributed by atoms with Gasteiger partial charge in [-0.3, -0.25) is 0 Å². The molecule has 1 N–H and O–H groups in total. The third-order valence-corrected chi connectivity index (χ3v) is 4.10. The summed E-state index contributed by atoms with van der Waals surface area (Å²) in [5.74, 6) is 0.991. The van der Waals surface area contributed by atoms with Crippen LogP contribution in [0.3, 0.4) is 0 Å². The lowest BCUT2D eigenvalue weighted by Crippen LogP contribution is -2.25. The first kappa shape index (κ1) is 12.9. The van der Waals surface area contributed by atoms with Crippen LogP contribution in [0.15, 0.2) is 24.3 Å². The van der Waals surface area contributed by atoms with Crippen molar-refractivity contribution in [1.82, 2.24) is 5.32 Å². The molecule has 0 aromatic heterocycles. The Morgan fingerprint density at radius 2 is 2.00 bits per heavy atom. The highest BCUT2D eigenvalue weighted by Gasteiger charge is 2.17. The molecule has 0 heterocycles. The van der Waals surface area contributed by atoms with Crippen molar-refractivity contribution in [1.29, 1.82) is 0 Å². The van der Waals surface area contributed by atoms with Crippen LogP contribution in [0.25, 0.3) is 0 Å². The van der Waals surface area contributed by atoms with Gasteiger partial charge >= 0.3 is 0 Å². The molecular weight excluding hydrogens is 230 g/mol. The highest BCUT2D eigenvalue weighted by atomic mass is 35.5. The molecule has 1 aliphatic rings. The molecule has 0 saturated heterocycles. The quantitative estimate of drug-likeness (QED) is 0.781. The molecule has 94 valence electrons. The maximum absolute atomic E-state index is 5.91. The Labute approximate surface area is 110 Å². The summed E-state index contributed by atoms with van der Waals surface area (Å²) in [5.41, 5.74) is 1.35. The van der Waals surface area contributed by atoms with Crippen LogP contribution >= 0.6 is 11.6 Å². The number of rotatable bonds is 6. The van der Waals surface area contributed by atoms with Gasteiger partial charge < -0.3 is 5.32 Å². The van der Waals surface area contributed by atoms with E-state index in [-0.39, 0.29) is 0 Å². The molecule has 1 atom stereocenters. The van der Waals surface area contributed by atoms with Gasteiger partial charge in [-0.2, -0.15) is 0 Å². The number of hydrogen-bond acceptors (Lipinski definition) is 1. The van der Waals surface area contributed by atoms with Crippen LogP contribution in [-0.4, -0.2) is 6.54 Å². The molecule has 1 aliphatic carbocycles. The van der Waals surface area contributed by atoms with Crippen LogP contribution in [0.1, 0.15) is 50.6 Å². The molecule has 1 aromatic rings. The maximum atomic E-state index is 5.91. The smallest absolute Gasteiger partial charge is 0.0406 e. The molecule has 0 amide bonds. The Morgan fingerprint density at radius 3 is 2.53 bits per heavy atom. The Bertz CT molecular complexity index is 329. The fraction of sp³-hybridized carbons (Fsp3) is 0.600. The molecule has 1 unspecified atom stereocenters. The summed E-state index contributed by atoms with van der Waals surface area (Å²) < 4.78 is 0. The van der Waals surface area contributed by atoms with E-state index < -0.39 is 0 Å². The standard InChI is InChI=1S/C15H22ClN/c1-2-15(13-6-8-14(16)9-7-13)17-11-10-12-4-3-5-12/h6-9,12,15,17H,2-5,10-11H2,1H3. The molecular formula is C15H22ClN. The summed E-state index contributed by atoms with van der Waals surface area (Å²) in [6.45, 7) is 3.38. The summed E-state index contributed by atoms with van der Waals surface area (Å²) in [6, 6.07) is 8.70.